The van der Waals surface area contributed by atoms with E-state index in [9.17, 15) is 9.59 Å². The van der Waals surface area contributed by atoms with Gasteiger partial charge in [-0.25, -0.2) is 4.68 Å². The van der Waals surface area contributed by atoms with Crippen LogP contribution in [0.15, 0.2) is 42.7 Å². The summed E-state index contributed by atoms with van der Waals surface area (Å²) in [6.45, 7) is 0. The monoisotopic (exact) mass is 288 g/mol. The van der Waals surface area contributed by atoms with Crippen LogP contribution in [-0.4, -0.2) is 32.8 Å². The van der Waals surface area contributed by atoms with Crippen LogP contribution in [0.5, 0.6) is 0 Å². The number of carboxylic acids is 1. The van der Waals surface area contributed by atoms with Gasteiger partial charge in [0.15, 0.2) is 0 Å². The van der Waals surface area contributed by atoms with Crippen molar-refractivity contribution in [2.45, 2.75) is 18.9 Å². The maximum absolute atomic E-state index is 12.0. The number of hydrogen-bond acceptors (Lipinski definition) is 4. The second-order valence-corrected chi connectivity index (χ2v) is 4.50. The quantitative estimate of drug-likeness (QED) is 0.734. The number of amides is 1. The highest BCUT2D eigenvalue weighted by molar-refractivity contribution is 5.96. The Morgan fingerprint density at radius 3 is 2.76 bits per heavy atom. The second kappa shape index (κ2) is 6.67. The smallest absolute Gasteiger partial charge is 0.303 e. The van der Waals surface area contributed by atoms with Crippen LogP contribution in [0.25, 0.3) is 5.69 Å². The molecule has 1 amide bonds. The topological polar surface area (TPSA) is 110 Å². The van der Waals surface area contributed by atoms with Crippen molar-refractivity contribution >= 4 is 17.6 Å². The standard InChI is InChI=1S/C14H16N4O3/c15-10(6-7-13(19)20)14(21)17-11-4-1-2-5-12(11)18-9-3-8-16-18/h1-5,8-10H,6-7,15H2,(H,17,21)(H,19,20). The summed E-state index contributed by atoms with van der Waals surface area (Å²) in [5.41, 5.74) is 6.96. The number of aromatic nitrogens is 2. The maximum atomic E-state index is 12.0. The van der Waals surface area contributed by atoms with Gasteiger partial charge in [-0.15, -0.1) is 0 Å². The molecule has 1 heterocycles. The number of rotatable bonds is 6. The van der Waals surface area contributed by atoms with Crippen molar-refractivity contribution in [3.8, 4) is 5.69 Å². The van der Waals surface area contributed by atoms with Crippen molar-refractivity contribution < 1.29 is 14.7 Å². The Balaban J connectivity index is 2.09. The molecule has 110 valence electrons. The van der Waals surface area contributed by atoms with Gasteiger partial charge in [0.05, 0.1) is 17.4 Å². The van der Waals surface area contributed by atoms with Gasteiger partial charge in [0.2, 0.25) is 5.91 Å². The molecule has 1 unspecified atom stereocenters. The molecule has 7 nitrogen and oxygen atoms in total. The number of benzene rings is 1. The summed E-state index contributed by atoms with van der Waals surface area (Å²) in [7, 11) is 0. The lowest BCUT2D eigenvalue weighted by molar-refractivity contribution is -0.137. The van der Waals surface area contributed by atoms with Gasteiger partial charge in [0.1, 0.15) is 0 Å². The van der Waals surface area contributed by atoms with E-state index < -0.39 is 17.9 Å². The number of carbonyl (C=O) groups excluding carboxylic acids is 1. The summed E-state index contributed by atoms with van der Waals surface area (Å²) in [5, 5.41) is 15.4. The van der Waals surface area contributed by atoms with E-state index in [1.165, 1.54) is 0 Å². The third-order valence-corrected chi connectivity index (χ3v) is 2.92. The molecule has 0 saturated carbocycles. The molecule has 0 spiro atoms. The van der Waals surface area contributed by atoms with Crippen LogP contribution in [-0.2, 0) is 9.59 Å². The number of nitrogens with zero attached hydrogens (tertiary/aromatic N) is 2. The van der Waals surface area contributed by atoms with Crippen molar-refractivity contribution in [3.05, 3.63) is 42.7 Å². The van der Waals surface area contributed by atoms with E-state index in [4.69, 9.17) is 10.8 Å². The minimum Gasteiger partial charge on any atom is -0.481 e. The number of nitrogens with two attached hydrogens (primary N) is 1. The third-order valence-electron chi connectivity index (χ3n) is 2.92. The Hall–Kier alpha value is -2.67. The molecule has 0 radical (unpaired) electrons. The molecular formula is C14H16N4O3. The summed E-state index contributed by atoms with van der Waals surface area (Å²) < 4.78 is 1.62. The molecule has 2 aromatic rings. The molecular weight excluding hydrogens is 272 g/mol. The molecule has 1 atom stereocenters. The minimum atomic E-state index is -0.977. The first-order chi connectivity index (χ1) is 10.1. The average molecular weight is 288 g/mol. The Bertz CT molecular complexity index is 625. The Labute approximate surface area is 121 Å². The summed E-state index contributed by atoms with van der Waals surface area (Å²) in [6, 6.07) is 8.07. The van der Waals surface area contributed by atoms with E-state index in [2.05, 4.69) is 10.4 Å². The molecule has 4 N–H and O–H groups in total. The van der Waals surface area contributed by atoms with Crippen LogP contribution >= 0.6 is 0 Å². The third kappa shape index (κ3) is 3.90. The Morgan fingerprint density at radius 1 is 1.33 bits per heavy atom. The number of anilines is 1. The van der Waals surface area contributed by atoms with Gasteiger partial charge in [-0.05, 0) is 24.6 Å². The van der Waals surface area contributed by atoms with Gasteiger partial charge >= 0.3 is 5.97 Å². The van der Waals surface area contributed by atoms with E-state index in [0.717, 1.165) is 0 Å². The van der Waals surface area contributed by atoms with Crippen LogP contribution in [0.3, 0.4) is 0 Å². The van der Waals surface area contributed by atoms with E-state index in [1.807, 2.05) is 12.1 Å². The predicted molar refractivity (Wildman–Crippen MR) is 77.0 cm³/mol. The van der Waals surface area contributed by atoms with E-state index >= 15 is 0 Å². The largest absolute Gasteiger partial charge is 0.481 e. The van der Waals surface area contributed by atoms with Gasteiger partial charge < -0.3 is 16.2 Å². The summed E-state index contributed by atoms with van der Waals surface area (Å²) in [5.74, 6) is -1.40. The molecule has 0 aliphatic rings. The fourth-order valence-electron chi connectivity index (χ4n) is 1.83. The molecule has 1 aromatic heterocycles. The van der Waals surface area contributed by atoms with Gasteiger partial charge in [-0.2, -0.15) is 5.10 Å². The van der Waals surface area contributed by atoms with E-state index in [-0.39, 0.29) is 12.8 Å². The molecule has 0 aliphatic carbocycles. The van der Waals surface area contributed by atoms with Crippen LogP contribution in [0.4, 0.5) is 5.69 Å². The number of carbonyl (C=O) groups is 2. The lowest BCUT2D eigenvalue weighted by Crippen LogP contribution is -2.36. The highest BCUT2D eigenvalue weighted by Gasteiger charge is 2.16. The van der Waals surface area contributed by atoms with Crippen molar-refractivity contribution in [1.29, 1.82) is 0 Å². The molecule has 0 aliphatic heterocycles. The first-order valence-corrected chi connectivity index (χ1v) is 6.45. The van der Waals surface area contributed by atoms with Crippen molar-refractivity contribution in [3.63, 3.8) is 0 Å². The first-order valence-electron chi connectivity index (χ1n) is 6.45. The molecule has 2 rings (SSSR count). The van der Waals surface area contributed by atoms with Gasteiger partial charge in [0.25, 0.3) is 0 Å². The number of nitrogens with one attached hydrogen (secondary N) is 1. The minimum absolute atomic E-state index is 0.0884. The molecule has 1 aromatic carbocycles. The van der Waals surface area contributed by atoms with Crippen molar-refractivity contribution in [2.75, 3.05) is 5.32 Å². The zero-order chi connectivity index (χ0) is 15.2. The van der Waals surface area contributed by atoms with Gasteiger partial charge in [-0.3, -0.25) is 9.59 Å². The first kappa shape index (κ1) is 14.7. The van der Waals surface area contributed by atoms with Crippen LogP contribution < -0.4 is 11.1 Å². The molecule has 0 saturated heterocycles. The summed E-state index contributed by atoms with van der Waals surface area (Å²) in [4.78, 5) is 22.5. The molecule has 0 bridgehead atoms. The van der Waals surface area contributed by atoms with Crippen LogP contribution in [0.1, 0.15) is 12.8 Å². The van der Waals surface area contributed by atoms with Crippen LogP contribution in [0.2, 0.25) is 0 Å². The lowest BCUT2D eigenvalue weighted by atomic mass is 10.1. The van der Waals surface area contributed by atoms with Crippen molar-refractivity contribution in [2.24, 2.45) is 5.73 Å². The van der Waals surface area contributed by atoms with E-state index in [1.54, 1.807) is 35.3 Å². The average Bonchev–Trinajstić information content (AvgIpc) is 2.99. The molecule has 0 fully saturated rings. The summed E-state index contributed by atoms with van der Waals surface area (Å²) in [6.07, 6.45) is 3.34. The number of hydrogen-bond donors (Lipinski definition) is 3. The highest BCUT2D eigenvalue weighted by Crippen LogP contribution is 2.19. The zero-order valence-electron chi connectivity index (χ0n) is 11.3. The second-order valence-electron chi connectivity index (χ2n) is 4.50. The predicted octanol–water partition coefficient (Wildman–Crippen LogP) is 1.00. The SMILES string of the molecule is NC(CCC(=O)O)C(=O)Nc1ccccc1-n1cccn1. The number of aliphatic carboxylic acids is 1. The number of para-hydroxylation sites is 2. The fourth-order valence-corrected chi connectivity index (χ4v) is 1.83. The van der Waals surface area contributed by atoms with Crippen LogP contribution in [0, 0.1) is 0 Å². The van der Waals surface area contributed by atoms with Crippen molar-refractivity contribution in [1.82, 2.24) is 9.78 Å². The van der Waals surface area contributed by atoms with E-state index in [0.29, 0.717) is 11.4 Å². The normalized spacial score (nSPS) is 11.9. The highest BCUT2D eigenvalue weighted by atomic mass is 16.4. The lowest BCUT2D eigenvalue weighted by Gasteiger charge is -2.14. The Morgan fingerprint density at radius 2 is 2.10 bits per heavy atom. The summed E-state index contributed by atoms with van der Waals surface area (Å²) >= 11 is 0. The van der Waals surface area contributed by atoms with Gasteiger partial charge in [-0.1, -0.05) is 12.1 Å². The number of carboxylic acid groups (broad SMARTS) is 1. The molecule has 21 heavy (non-hydrogen) atoms. The van der Waals surface area contributed by atoms with Gasteiger partial charge in [0, 0.05) is 18.8 Å². The zero-order valence-corrected chi connectivity index (χ0v) is 11.3. The fraction of sp³-hybridized carbons (Fsp3) is 0.214. The Kier molecular flexibility index (Phi) is 4.68. The molecule has 7 heteroatoms. The maximum Gasteiger partial charge on any atom is 0.303 e.